The first kappa shape index (κ1) is 17.2. The van der Waals surface area contributed by atoms with Gasteiger partial charge in [-0.05, 0) is 25.1 Å². The van der Waals surface area contributed by atoms with Crippen LogP contribution in [-0.2, 0) is 6.54 Å². The van der Waals surface area contributed by atoms with Gasteiger partial charge in [-0.3, -0.25) is 4.90 Å². The lowest BCUT2D eigenvalue weighted by molar-refractivity contribution is 0.142. The quantitative estimate of drug-likeness (QED) is 0.881. The number of benzene rings is 2. The monoisotopic (exact) mass is 323 g/mol. The average molecular weight is 323 g/mol. The van der Waals surface area contributed by atoms with Gasteiger partial charge in [0.2, 0.25) is 0 Å². The molecule has 1 aliphatic heterocycles. The molecule has 0 aliphatic carbocycles. The normalized spacial score (nSPS) is 17.8. The van der Waals surface area contributed by atoms with E-state index in [-0.39, 0.29) is 0 Å². The summed E-state index contributed by atoms with van der Waals surface area (Å²) in [4.78, 5) is 4.99. The van der Waals surface area contributed by atoms with Gasteiger partial charge in [0.05, 0.1) is 0 Å². The van der Waals surface area contributed by atoms with Gasteiger partial charge in [-0.25, -0.2) is 0 Å². The molecule has 1 fully saturated rings. The molecule has 3 heteroatoms. The van der Waals surface area contributed by atoms with Crippen LogP contribution in [0.5, 0.6) is 0 Å². The van der Waals surface area contributed by atoms with Crippen molar-refractivity contribution < 1.29 is 0 Å². The lowest BCUT2D eigenvalue weighted by Crippen LogP contribution is -2.47. The molecule has 0 saturated carbocycles. The second-order valence-electron chi connectivity index (χ2n) is 6.93. The fourth-order valence-corrected chi connectivity index (χ4v) is 3.21. The van der Waals surface area contributed by atoms with Crippen LogP contribution in [0.1, 0.15) is 22.7 Å². The Bertz CT molecular complexity index is 601. The third-order valence-corrected chi connectivity index (χ3v) is 4.91. The van der Waals surface area contributed by atoms with E-state index >= 15 is 0 Å². The van der Waals surface area contributed by atoms with Gasteiger partial charge >= 0.3 is 0 Å². The SMILES string of the molecule is Cc1ccc(CNC(CN2CCN(C)CC2)c2ccccc2)cc1. The van der Waals surface area contributed by atoms with E-state index in [4.69, 9.17) is 0 Å². The molecule has 3 rings (SSSR count). The Morgan fingerprint density at radius 3 is 2.25 bits per heavy atom. The standard InChI is InChI=1S/C21H29N3/c1-18-8-10-19(11-9-18)16-22-21(20-6-4-3-5-7-20)17-24-14-12-23(2)13-15-24/h3-11,21-22H,12-17H2,1-2H3. The Hall–Kier alpha value is -1.68. The molecule has 0 bridgehead atoms. The largest absolute Gasteiger partial charge is 0.305 e. The Morgan fingerprint density at radius 2 is 1.58 bits per heavy atom. The molecule has 3 nitrogen and oxygen atoms in total. The Morgan fingerprint density at radius 1 is 0.917 bits per heavy atom. The number of nitrogens with one attached hydrogen (secondary N) is 1. The van der Waals surface area contributed by atoms with Crippen molar-refractivity contribution in [2.24, 2.45) is 0 Å². The Balaban J connectivity index is 1.64. The highest BCUT2D eigenvalue weighted by Gasteiger charge is 2.19. The number of nitrogens with zero attached hydrogens (tertiary/aromatic N) is 2. The summed E-state index contributed by atoms with van der Waals surface area (Å²) in [7, 11) is 2.21. The van der Waals surface area contributed by atoms with Crippen molar-refractivity contribution in [2.45, 2.75) is 19.5 Å². The summed E-state index contributed by atoms with van der Waals surface area (Å²) in [5.74, 6) is 0. The molecular weight excluding hydrogens is 294 g/mol. The summed E-state index contributed by atoms with van der Waals surface area (Å²) < 4.78 is 0. The molecule has 1 atom stereocenters. The highest BCUT2D eigenvalue weighted by molar-refractivity contribution is 5.23. The number of likely N-dealkylation sites (N-methyl/N-ethyl adjacent to an activating group) is 1. The minimum atomic E-state index is 0.371. The first-order valence-corrected chi connectivity index (χ1v) is 8.95. The first-order valence-electron chi connectivity index (χ1n) is 8.95. The molecule has 1 saturated heterocycles. The number of hydrogen-bond donors (Lipinski definition) is 1. The maximum Gasteiger partial charge on any atom is 0.0451 e. The third kappa shape index (κ3) is 4.91. The molecule has 0 aromatic heterocycles. The van der Waals surface area contributed by atoms with Gasteiger partial charge in [-0.2, -0.15) is 0 Å². The van der Waals surface area contributed by atoms with E-state index < -0.39 is 0 Å². The number of rotatable bonds is 6. The van der Waals surface area contributed by atoms with Crippen molar-refractivity contribution in [3.8, 4) is 0 Å². The molecule has 2 aromatic carbocycles. The molecule has 1 N–H and O–H groups in total. The second kappa shape index (κ2) is 8.43. The van der Waals surface area contributed by atoms with Gasteiger partial charge in [0.15, 0.2) is 0 Å². The molecule has 0 radical (unpaired) electrons. The predicted molar refractivity (Wildman–Crippen MR) is 101 cm³/mol. The number of piperazine rings is 1. The summed E-state index contributed by atoms with van der Waals surface area (Å²) in [6, 6.07) is 20.0. The van der Waals surface area contributed by atoms with E-state index in [1.165, 1.54) is 29.8 Å². The van der Waals surface area contributed by atoms with Crippen molar-refractivity contribution in [1.82, 2.24) is 15.1 Å². The highest BCUT2D eigenvalue weighted by Crippen LogP contribution is 2.16. The van der Waals surface area contributed by atoms with E-state index in [1.54, 1.807) is 0 Å². The minimum absolute atomic E-state index is 0.371. The van der Waals surface area contributed by atoms with Crippen LogP contribution in [-0.4, -0.2) is 49.6 Å². The summed E-state index contributed by atoms with van der Waals surface area (Å²) in [6.45, 7) is 8.77. The van der Waals surface area contributed by atoms with Crippen LogP contribution < -0.4 is 5.32 Å². The van der Waals surface area contributed by atoms with Crippen molar-refractivity contribution in [3.05, 3.63) is 71.3 Å². The van der Waals surface area contributed by atoms with Crippen LogP contribution in [0, 0.1) is 6.92 Å². The van der Waals surface area contributed by atoms with Crippen molar-refractivity contribution in [3.63, 3.8) is 0 Å². The number of hydrogen-bond acceptors (Lipinski definition) is 3. The fourth-order valence-electron chi connectivity index (χ4n) is 3.21. The van der Waals surface area contributed by atoms with E-state index in [0.717, 1.165) is 26.2 Å². The van der Waals surface area contributed by atoms with Gasteiger partial charge < -0.3 is 10.2 Å². The molecule has 2 aromatic rings. The summed E-state index contributed by atoms with van der Waals surface area (Å²) >= 11 is 0. The molecule has 0 amide bonds. The minimum Gasteiger partial charge on any atom is -0.305 e. The average Bonchev–Trinajstić information content (AvgIpc) is 2.62. The highest BCUT2D eigenvalue weighted by atomic mass is 15.3. The molecule has 1 aliphatic rings. The summed E-state index contributed by atoms with van der Waals surface area (Å²) in [6.07, 6.45) is 0. The molecule has 24 heavy (non-hydrogen) atoms. The predicted octanol–water partition coefficient (Wildman–Crippen LogP) is 3.07. The van der Waals surface area contributed by atoms with Crippen LogP contribution >= 0.6 is 0 Å². The van der Waals surface area contributed by atoms with Gasteiger partial charge in [-0.1, -0.05) is 60.2 Å². The molecular formula is C21H29N3. The van der Waals surface area contributed by atoms with Crippen LogP contribution in [0.2, 0.25) is 0 Å². The van der Waals surface area contributed by atoms with Crippen molar-refractivity contribution in [1.29, 1.82) is 0 Å². The molecule has 128 valence electrons. The van der Waals surface area contributed by atoms with E-state index in [2.05, 4.69) is 83.7 Å². The Kier molecular flexibility index (Phi) is 6.02. The van der Waals surface area contributed by atoms with Crippen LogP contribution in [0.25, 0.3) is 0 Å². The van der Waals surface area contributed by atoms with Crippen molar-refractivity contribution in [2.75, 3.05) is 39.8 Å². The topological polar surface area (TPSA) is 18.5 Å². The molecule has 1 unspecified atom stereocenters. The maximum absolute atomic E-state index is 3.78. The zero-order valence-corrected chi connectivity index (χ0v) is 14.9. The molecule has 0 spiro atoms. The smallest absolute Gasteiger partial charge is 0.0451 e. The van der Waals surface area contributed by atoms with Crippen LogP contribution in [0.4, 0.5) is 0 Å². The first-order chi connectivity index (χ1) is 11.7. The summed E-state index contributed by atoms with van der Waals surface area (Å²) in [5.41, 5.74) is 4.04. The van der Waals surface area contributed by atoms with E-state index in [0.29, 0.717) is 6.04 Å². The van der Waals surface area contributed by atoms with Crippen LogP contribution in [0.15, 0.2) is 54.6 Å². The van der Waals surface area contributed by atoms with Crippen molar-refractivity contribution >= 4 is 0 Å². The van der Waals surface area contributed by atoms with Gasteiger partial charge in [-0.15, -0.1) is 0 Å². The third-order valence-electron chi connectivity index (χ3n) is 4.91. The van der Waals surface area contributed by atoms with Crippen LogP contribution in [0.3, 0.4) is 0 Å². The summed E-state index contributed by atoms with van der Waals surface area (Å²) in [5, 5.41) is 3.78. The van der Waals surface area contributed by atoms with E-state index in [1.807, 2.05) is 0 Å². The maximum atomic E-state index is 3.78. The van der Waals surface area contributed by atoms with Gasteiger partial charge in [0, 0.05) is 45.3 Å². The lowest BCUT2D eigenvalue weighted by Gasteiger charge is -2.35. The second-order valence-corrected chi connectivity index (χ2v) is 6.93. The molecule has 1 heterocycles. The van der Waals surface area contributed by atoms with Gasteiger partial charge in [0.1, 0.15) is 0 Å². The van der Waals surface area contributed by atoms with E-state index in [9.17, 15) is 0 Å². The fraction of sp³-hybridized carbons (Fsp3) is 0.429. The zero-order valence-electron chi connectivity index (χ0n) is 14.9. The Labute approximate surface area is 146 Å². The van der Waals surface area contributed by atoms with Gasteiger partial charge in [0.25, 0.3) is 0 Å². The lowest BCUT2D eigenvalue weighted by atomic mass is 10.0. The number of aryl methyl sites for hydroxylation is 1. The zero-order chi connectivity index (χ0) is 16.8.